The van der Waals surface area contributed by atoms with Crippen molar-refractivity contribution in [2.75, 3.05) is 0 Å². The molecule has 0 aliphatic rings. The first kappa shape index (κ1) is 23.4. The summed E-state index contributed by atoms with van der Waals surface area (Å²) in [5.41, 5.74) is 0. The molecule has 0 fully saturated rings. The Labute approximate surface area is 152 Å². The molecule has 0 aliphatic heterocycles. The Balaban J connectivity index is 3.13. The molecular formula is C23H44O. The zero-order valence-electron chi connectivity index (χ0n) is 16.6. The third-order valence-electron chi connectivity index (χ3n) is 4.92. The van der Waals surface area contributed by atoms with E-state index in [0.717, 1.165) is 25.7 Å². The summed E-state index contributed by atoms with van der Waals surface area (Å²) in [5, 5.41) is 0. The summed E-state index contributed by atoms with van der Waals surface area (Å²) in [4.78, 5) is 11.8. The van der Waals surface area contributed by atoms with Gasteiger partial charge in [0.15, 0.2) is 0 Å². The van der Waals surface area contributed by atoms with Crippen molar-refractivity contribution in [3.05, 3.63) is 12.7 Å². The summed E-state index contributed by atoms with van der Waals surface area (Å²) in [7, 11) is 0. The molecule has 0 amide bonds. The molecule has 1 heteroatoms. The molecule has 0 aliphatic carbocycles. The van der Waals surface area contributed by atoms with Crippen LogP contribution < -0.4 is 0 Å². The van der Waals surface area contributed by atoms with Crippen molar-refractivity contribution in [1.82, 2.24) is 0 Å². The van der Waals surface area contributed by atoms with Gasteiger partial charge in [0.1, 0.15) is 5.78 Å². The molecule has 1 nitrogen and oxygen atoms in total. The second-order valence-corrected chi connectivity index (χ2v) is 7.42. The van der Waals surface area contributed by atoms with Crippen LogP contribution in [-0.4, -0.2) is 5.78 Å². The molecular weight excluding hydrogens is 292 g/mol. The average Bonchev–Trinajstić information content (AvgIpc) is 2.59. The van der Waals surface area contributed by atoms with Crippen molar-refractivity contribution in [1.29, 1.82) is 0 Å². The first-order valence-electron chi connectivity index (χ1n) is 10.9. The fraction of sp³-hybridized carbons (Fsp3) is 0.870. The molecule has 0 aromatic heterocycles. The highest BCUT2D eigenvalue weighted by Crippen LogP contribution is 2.13. The molecule has 0 unspecified atom stereocenters. The van der Waals surface area contributed by atoms with Gasteiger partial charge >= 0.3 is 0 Å². The second kappa shape index (κ2) is 20.5. The summed E-state index contributed by atoms with van der Waals surface area (Å²) >= 11 is 0. The first-order chi connectivity index (χ1) is 11.8. The van der Waals surface area contributed by atoms with Gasteiger partial charge in [-0.15, -0.1) is 6.58 Å². The Morgan fingerprint density at radius 1 is 0.625 bits per heavy atom. The Morgan fingerprint density at radius 3 is 1.42 bits per heavy atom. The number of carbonyl (C=O) groups is 1. The maximum atomic E-state index is 11.8. The van der Waals surface area contributed by atoms with Gasteiger partial charge in [-0.25, -0.2) is 0 Å². The van der Waals surface area contributed by atoms with Crippen LogP contribution in [0.1, 0.15) is 129 Å². The first-order valence-corrected chi connectivity index (χ1v) is 10.9. The summed E-state index contributed by atoms with van der Waals surface area (Å²) < 4.78 is 0. The summed E-state index contributed by atoms with van der Waals surface area (Å²) in [6.45, 7) is 6.01. The molecule has 0 aromatic carbocycles. The van der Waals surface area contributed by atoms with Gasteiger partial charge in [0, 0.05) is 12.8 Å². The van der Waals surface area contributed by atoms with Crippen molar-refractivity contribution < 1.29 is 4.79 Å². The zero-order valence-corrected chi connectivity index (χ0v) is 16.6. The lowest BCUT2D eigenvalue weighted by atomic mass is 10.0. The summed E-state index contributed by atoms with van der Waals surface area (Å²) in [6.07, 6.45) is 25.8. The topological polar surface area (TPSA) is 17.1 Å². The number of hydrogen-bond donors (Lipinski definition) is 0. The maximum Gasteiger partial charge on any atom is 0.132 e. The van der Waals surface area contributed by atoms with Crippen LogP contribution in [0, 0.1) is 0 Å². The highest BCUT2D eigenvalue weighted by Gasteiger charge is 2.02. The van der Waals surface area contributed by atoms with Crippen LogP contribution >= 0.6 is 0 Å². The predicted octanol–water partition coefficient (Wildman–Crippen LogP) is 8.17. The largest absolute Gasteiger partial charge is 0.300 e. The van der Waals surface area contributed by atoms with Gasteiger partial charge in [0.25, 0.3) is 0 Å². The van der Waals surface area contributed by atoms with Crippen LogP contribution in [-0.2, 0) is 4.79 Å². The molecule has 0 spiro atoms. The molecule has 0 heterocycles. The minimum Gasteiger partial charge on any atom is -0.300 e. The molecule has 24 heavy (non-hydrogen) atoms. The highest BCUT2D eigenvalue weighted by atomic mass is 16.1. The van der Waals surface area contributed by atoms with Crippen molar-refractivity contribution >= 4 is 5.78 Å². The van der Waals surface area contributed by atoms with Crippen molar-refractivity contribution in [3.63, 3.8) is 0 Å². The van der Waals surface area contributed by atoms with Gasteiger partial charge in [0.2, 0.25) is 0 Å². The highest BCUT2D eigenvalue weighted by molar-refractivity contribution is 5.78. The Hall–Kier alpha value is -0.590. The fourth-order valence-corrected chi connectivity index (χ4v) is 3.25. The van der Waals surface area contributed by atoms with Crippen molar-refractivity contribution in [2.45, 2.75) is 129 Å². The third kappa shape index (κ3) is 19.5. The van der Waals surface area contributed by atoms with E-state index in [1.165, 1.54) is 96.3 Å². The number of unbranched alkanes of at least 4 members (excludes halogenated alkanes) is 15. The van der Waals surface area contributed by atoms with Gasteiger partial charge in [-0.1, -0.05) is 96.5 Å². The monoisotopic (exact) mass is 336 g/mol. The molecule has 142 valence electrons. The lowest BCUT2D eigenvalue weighted by Gasteiger charge is -2.03. The van der Waals surface area contributed by atoms with E-state index < -0.39 is 0 Å². The van der Waals surface area contributed by atoms with Gasteiger partial charge < -0.3 is 0 Å². The molecule has 0 saturated heterocycles. The summed E-state index contributed by atoms with van der Waals surface area (Å²) in [5.74, 6) is 0.505. The van der Waals surface area contributed by atoms with Crippen molar-refractivity contribution in [2.24, 2.45) is 0 Å². The molecule has 0 saturated carbocycles. The second-order valence-electron chi connectivity index (χ2n) is 7.42. The van der Waals surface area contributed by atoms with E-state index in [2.05, 4.69) is 13.5 Å². The van der Waals surface area contributed by atoms with Crippen LogP contribution in [0.3, 0.4) is 0 Å². The van der Waals surface area contributed by atoms with Gasteiger partial charge in [-0.2, -0.15) is 0 Å². The lowest BCUT2D eigenvalue weighted by molar-refractivity contribution is -0.119. The third-order valence-corrected chi connectivity index (χ3v) is 4.92. The maximum absolute atomic E-state index is 11.8. The molecule has 0 atom stereocenters. The van der Waals surface area contributed by atoms with Gasteiger partial charge in [-0.3, -0.25) is 4.79 Å². The van der Waals surface area contributed by atoms with Crippen LogP contribution in [0.25, 0.3) is 0 Å². The van der Waals surface area contributed by atoms with E-state index in [9.17, 15) is 4.79 Å². The van der Waals surface area contributed by atoms with E-state index in [-0.39, 0.29) is 0 Å². The molecule has 0 rings (SSSR count). The van der Waals surface area contributed by atoms with E-state index >= 15 is 0 Å². The average molecular weight is 337 g/mol. The predicted molar refractivity (Wildman–Crippen MR) is 109 cm³/mol. The Morgan fingerprint density at radius 2 is 1.00 bits per heavy atom. The Bertz CT molecular complexity index is 269. The summed E-state index contributed by atoms with van der Waals surface area (Å²) in [6, 6.07) is 0. The SMILES string of the molecule is C=CCCCCCCCCCCCC(=O)CCCCCCCCC. The van der Waals surface area contributed by atoms with E-state index in [1.807, 2.05) is 6.08 Å². The molecule has 0 aromatic rings. The number of hydrogen-bond acceptors (Lipinski definition) is 1. The smallest absolute Gasteiger partial charge is 0.132 e. The van der Waals surface area contributed by atoms with Crippen molar-refractivity contribution in [3.8, 4) is 0 Å². The normalized spacial score (nSPS) is 10.9. The number of Topliss-reactive ketones (excluding diaryl/α,β-unsaturated/α-hetero) is 1. The quantitative estimate of drug-likeness (QED) is 0.162. The van der Waals surface area contributed by atoms with E-state index in [4.69, 9.17) is 0 Å². The minimum atomic E-state index is 0.505. The number of ketones is 1. The van der Waals surface area contributed by atoms with Gasteiger partial charge in [-0.05, 0) is 25.7 Å². The standard InChI is InChI=1S/C23H44O/c1-3-5-7-9-11-12-13-14-16-18-20-22-23(24)21-19-17-15-10-8-6-4-2/h3H,1,4-22H2,2H3. The van der Waals surface area contributed by atoms with E-state index in [1.54, 1.807) is 0 Å². The Kier molecular flexibility index (Phi) is 20.0. The molecule has 0 bridgehead atoms. The lowest BCUT2D eigenvalue weighted by Crippen LogP contribution is -1.97. The van der Waals surface area contributed by atoms with E-state index in [0.29, 0.717) is 5.78 Å². The number of carbonyl (C=O) groups excluding carboxylic acids is 1. The molecule has 0 N–H and O–H groups in total. The number of rotatable bonds is 20. The van der Waals surface area contributed by atoms with Crippen LogP contribution in [0.5, 0.6) is 0 Å². The molecule has 0 radical (unpaired) electrons. The number of allylic oxidation sites excluding steroid dienone is 1. The van der Waals surface area contributed by atoms with Crippen LogP contribution in [0.4, 0.5) is 0 Å². The fourth-order valence-electron chi connectivity index (χ4n) is 3.25. The van der Waals surface area contributed by atoms with Crippen LogP contribution in [0.15, 0.2) is 12.7 Å². The van der Waals surface area contributed by atoms with Crippen LogP contribution in [0.2, 0.25) is 0 Å². The zero-order chi connectivity index (χ0) is 17.7. The van der Waals surface area contributed by atoms with Gasteiger partial charge in [0.05, 0.1) is 0 Å². The minimum absolute atomic E-state index is 0.505.